The number of aromatic amines is 1. The van der Waals surface area contributed by atoms with Gasteiger partial charge < -0.3 is 59.7 Å². The van der Waals surface area contributed by atoms with Crippen LogP contribution in [0.4, 0.5) is 16.4 Å². The van der Waals surface area contributed by atoms with Crippen molar-refractivity contribution in [3.63, 3.8) is 0 Å². The van der Waals surface area contributed by atoms with Crippen LogP contribution >= 0.6 is 15.6 Å². The van der Waals surface area contributed by atoms with Gasteiger partial charge in [-0.2, -0.15) is 4.31 Å². The number of aromatic nitrogens is 4. The molecule has 2 unspecified atom stereocenters. The summed E-state index contributed by atoms with van der Waals surface area (Å²) in [6.45, 7) is 7.33. The second kappa shape index (κ2) is 18.5. The first kappa shape index (κ1) is 47.3. The smallest absolute Gasteiger partial charge is 0.462 e. The van der Waals surface area contributed by atoms with Crippen LogP contribution in [0.25, 0.3) is 22.1 Å². The Balaban J connectivity index is 1.06. The van der Waals surface area contributed by atoms with Crippen molar-refractivity contribution in [2.24, 2.45) is 7.05 Å². The Morgan fingerprint density at radius 1 is 1.13 bits per heavy atom. The molecule has 0 spiro atoms. The van der Waals surface area contributed by atoms with Gasteiger partial charge in [0.2, 0.25) is 17.7 Å². The number of esters is 1. The van der Waals surface area contributed by atoms with E-state index in [1.165, 1.54) is 28.6 Å². The largest absolute Gasteiger partial charge is 0.481 e. The van der Waals surface area contributed by atoms with Gasteiger partial charge in [-0.05, 0) is 57.2 Å². The number of H-pyrrole nitrogens is 1. The number of aliphatic hydroxyl groups is 1. The predicted molar refractivity (Wildman–Crippen MR) is 218 cm³/mol. The maximum atomic E-state index is 13.0. The van der Waals surface area contributed by atoms with E-state index in [4.69, 9.17) is 34.1 Å². The number of anilines is 2. The summed E-state index contributed by atoms with van der Waals surface area (Å²) in [4.78, 5) is 99.8. The lowest BCUT2D eigenvalue weighted by molar-refractivity contribution is -0.745. The van der Waals surface area contributed by atoms with Crippen LogP contribution in [0.15, 0.2) is 38.5 Å². The number of carbonyl (C=O) groups excluding carboxylic acids is 3. The molecule has 6 rings (SSSR count). The number of nitrogens with zero attached hydrogens (tertiary/aromatic N) is 4. The number of alkyl carbamates (subject to hydrolysis) is 1. The monoisotopic (exact) mass is 927 g/mol. The normalized spacial score (nSPS) is 21.8. The highest BCUT2D eigenvalue weighted by atomic mass is 31.3. The minimum absolute atomic E-state index is 0.00504. The molecule has 1 aromatic carbocycles. The molecule has 63 heavy (non-hydrogen) atoms. The van der Waals surface area contributed by atoms with E-state index in [0.29, 0.717) is 23.9 Å². The fourth-order valence-corrected chi connectivity index (χ4v) is 9.48. The van der Waals surface area contributed by atoms with Crippen molar-refractivity contribution in [3.8, 4) is 0 Å². The van der Waals surface area contributed by atoms with Crippen molar-refractivity contribution in [1.29, 1.82) is 0 Å². The summed E-state index contributed by atoms with van der Waals surface area (Å²) < 4.78 is 56.1. The third-order valence-corrected chi connectivity index (χ3v) is 12.6. The molecule has 2 aliphatic heterocycles. The number of ether oxygens (including phenoxy) is 3. The van der Waals surface area contributed by atoms with Crippen LogP contribution in [0, 0.1) is 0 Å². The van der Waals surface area contributed by atoms with Gasteiger partial charge >= 0.3 is 39.0 Å². The summed E-state index contributed by atoms with van der Waals surface area (Å²) in [5.41, 5.74) is 5.87. The average Bonchev–Trinajstić information content (AvgIpc) is 3.66. The van der Waals surface area contributed by atoms with E-state index in [1.54, 1.807) is 13.0 Å². The third-order valence-electron chi connectivity index (χ3n) is 10.5. The predicted octanol–water partition coefficient (Wildman–Crippen LogP) is 0.683. The summed E-state index contributed by atoms with van der Waals surface area (Å²) in [6, 6.07) is 5.17. The van der Waals surface area contributed by atoms with Crippen LogP contribution in [0.1, 0.15) is 75.0 Å². The Kier molecular flexibility index (Phi) is 13.9. The van der Waals surface area contributed by atoms with Crippen LogP contribution in [0.5, 0.6) is 0 Å². The van der Waals surface area contributed by atoms with Crippen molar-refractivity contribution in [1.82, 2.24) is 25.2 Å². The van der Waals surface area contributed by atoms with E-state index in [0.717, 1.165) is 17.7 Å². The number of carbonyl (C=O) groups is 3. The van der Waals surface area contributed by atoms with Gasteiger partial charge in [0.05, 0.1) is 20.3 Å². The number of hydrogen-bond donors (Lipinski definition) is 8. The summed E-state index contributed by atoms with van der Waals surface area (Å²) >= 11 is 0. The zero-order chi connectivity index (χ0) is 46.2. The van der Waals surface area contributed by atoms with E-state index < -0.39 is 70.0 Å². The zero-order valence-corrected chi connectivity index (χ0v) is 36.5. The van der Waals surface area contributed by atoms with Gasteiger partial charge in [0.15, 0.2) is 12.4 Å². The number of fused-ring (bicyclic) bond motifs is 3. The Hall–Kier alpha value is -5.23. The Bertz CT molecular complexity index is 2630. The van der Waals surface area contributed by atoms with Gasteiger partial charge in [0.25, 0.3) is 11.5 Å². The lowest BCUT2D eigenvalue weighted by Gasteiger charge is -2.47. The summed E-state index contributed by atoms with van der Waals surface area (Å²) in [7, 11) is -9.37. The molecular weight excluding hydrogens is 878 g/mol. The minimum Gasteiger partial charge on any atom is -0.462 e. The molecule has 0 radical (unpaired) electrons. The fraction of sp³-hybridized carbons (Fsp3) is 0.528. The van der Waals surface area contributed by atoms with Crippen molar-refractivity contribution in [3.05, 3.63) is 56.4 Å². The topological polar surface area (TPSA) is 351 Å². The molecule has 27 heteroatoms. The molecule has 1 fully saturated rings. The van der Waals surface area contributed by atoms with E-state index in [-0.39, 0.29) is 66.2 Å². The van der Waals surface area contributed by atoms with E-state index in [9.17, 15) is 43.1 Å². The molecule has 4 aromatic rings. The maximum absolute atomic E-state index is 13.0. The first-order chi connectivity index (χ1) is 29.5. The van der Waals surface area contributed by atoms with Crippen LogP contribution in [-0.2, 0) is 44.0 Å². The number of phosphoric ester groups is 1. The van der Waals surface area contributed by atoms with Crippen molar-refractivity contribution in [2.45, 2.75) is 83.0 Å². The van der Waals surface area contributed by atoms with Crippen LogP contribution in [0.2, 0.25) is 0 Å². The number of aliphatic hydroxyl groups excluding tert-OH is 1. The molecule has 2 amide bonds. The molecule has 6 atom stereocenters. The molecule has 5 heterocycles. The quantitative estimate of drug-likeness (QED) is 0.0252. The van der Waals surface area contributed by atoms with E-state index in [1.807, 2.05) is 6.07 Å². The highest BCUT2D eigenvalue weighted by molar-refractivity contribution is 7.60. The lowest BCUT2D eigenvalue weighted by atomic mass is 9.79. The second-order valence-electron chi connectivity index (χ2n) is 15.6. The first-order valence-corrected chi connectivity index (χ1v) is 22.6. The number of rotatable bonds is 16. The molecule has 344 valence electrons. The van der Waals surface area contributed by atoms with Gasteiger partial charge in [-0.1, -0.05) is 11.9 Å². The number of benzene rings is 1. The number of phosphoric acid groups is 2. The average molecular weight is 928 g/mol. The Morgan fingerprint density at radius 3 is 2.54 bits per heavy atom. The number of imidazole rings is 1. The second-order valence-corrected chi connectivity index (χ2v) is 18.4. The standard InChI is InChI=1S/C36H48N8O17P2/c1-6-56-32(48)21-13-19-12-20-18(2)15-36(3,4)44(22(20)14-23(19)59-33(21)49)11-7-8-25(45)38-9-10-39-35(50)60-28-27(46)24(16-57-63(54,55)61-62(51,52)53)58-31(28)43-17-42(5)26-29(43)40-34(37)41-30(26)47/h12-14,17-18,24,27-28,31,46H,6-11,15-16H2,1-5H3,(H7-,37,38,39,40,41,45,47,50,51,52,53,54,55)/p+1/t18?,24-,27-,28-,31-/m1/s1. The molecule has 1 saturated heterocycles. The summed E-state index contributed by atoms with van der Waals surface area (Å²) in [6.07, 6.45) is -4.90. The number of nitrogens with one attached hydrogen (secondary N) is 3. The highest BCUT2D eigenvalue weighted by Gasteiger charge is 2.51. The molecular formula is C36H49N8O17P2+. The van der Waals surface area contributed by atoms with E-state index in [2.05, 4.69) is 55.1 Å². The Labute approximate surface area is 357 Å². The minimum atomic E-state index is -5.48. The molecule has 3 aromatic heterocycles. The molecule has 9 N–H and O–H groups in total. The molecule has 0 saturated carbocycles. The van der Waals surface area contributed by atoms with Gasteiger partial charge in [-0.15, -0.1) is 0 Å². The van der Waals surface area contributed by atoms with Gasteiger partial charge in [0, 0.05) is 48.7 Å². The third kappa shape index (κ3) is 10.8. The van der Waals surface area contributed by atoms with Crippen molar-refractivity contribution >= 4 is 67.4 Å². The zero-order valence-electron chi connectivity index (χ0n) is 34.7. The fourth-order valence-electron chi connectivity index (χ4n) is 7.88. The molecule has 25 nitrogen and oxygen atoms in total. The number of hydrogen-bond acceptors (Lipinski definition) is 17. The van der Waals surface area contributed by atoms with Gasteiger partial charge in [-0.3, -0.25) is 23.7 Å². The Morgan fingerprint density at radius 2 is 1.84 bits per heavy atom. The first-order valence-electron chi connectivity index (χ1n) is 19.6. The van der Waals surface area contributed by atoms with Crippen LogP contribution in [0.3, 0.4) is 0 Å². The van der Waals surface area contributed by atoms with E-state index >= 15 is 0 Å². The highest BCUT2D eigenvalue weighted by Crippen LogP contribution is 2.57. The molecule has 2 aliphatic rings. The lowest BCUT2D eigenvalue weighted by Crippen LogP contribution is -2.49. The number of amides is 2. The number of nitrogens with two attached hydrogens (primary N) is 1. The van der Waals surface area contributed by atoms with Gasteiger partial charge in [0.1, 0.15) is 23.4 Å². The van der Waals surface area contributed by atoms with Crippen LogP contribution in [-0.4, -0.2) is 109 Å². The number of aryl methyl sites for hydroxylation is 1. The van der Waals surface area contributed by atoms with Gasteiger partial charge in [-0.25, -0.2) is 28.1 Å². The number of nitrogen functional groups attached to an aromatic ring is 1. The molecule has 0 bridgehead atoms. The van der Waals surface area contributed by atoms with Crippen LogP contribution < -0.4 is 37.0 Å². The van der Waals surface area contributed by atoms with Crippen molar-refractivity contribution in [2.75, 3.05) is 43.5 Å². The van der Waals surface area contributed by atoms with Crippen molar-refractivity contribution < 1.29 is 75.3 Å². The SMILES string of the molecule is CCOC(=O)c1cc2cc3c(cc2oc1=O)N(CCCC(=O)NCCNC(=O)O[C@@H]1[C@H](O)[C@@H](COP(=O)(O)OP(=O)(O)O)O[C@H]1[n+]1cn(C)c2c(=O)[nH]c(N)nc21)C(C)(C)CC3C. The summed E-state index contributed by atoms with van der Waals surface area (Å²) in [5.74, 6) is -1.23. The summed E-state index contributed by atoms with van der Waals surface area (Å²) in [5, 5.41) is 16.9. The maximum Gasteiger partial charge on any atom is 0.481 e. The molecule has 0 aliphatic carbocycles.